The van der Waals surface area contributed by atoms with Crippen molar-refractivity contribution in [1.29, 1.82) is 0 Å². The van der Waals surface area contributed by atoms with Gasteiger partial charge in [-0.15, -0.1) is 11.3 Å². The number of benzene rings is 1. The summed E-state index contributed by atoms with van der Waals surface area (Å²) in [4.78, 5) is 6.16. The lowest BCUT2D eigenvalue weighted by Crippen LogP contribution is -2.06. The van der Waals surface area contributed by atoms with Gasteiger partial charge in [-0.3, -0.25) is 0 Å². The van der Waals surface area contributed by atoms with Crippen molar-refractivity contribution in [1.82, 2.24) is 4.98 Å². The average Bonchev–Trinajstić information content (AvgIpc) is 2.68. The average molecular weight is 259 g/mol. The predicted octanol–water partition coefficient (Wildman–Crippen LogP) is 5.10. The predicted molar refractivity (Wildman–Crippen MR) is 80.1 cm³/mol. The van der Waals surface area contributed by atoms with E-state index in [0.29, 0.717) is 5.41 Å². The van der Waals surface area contributed by atoms with E-state index in [4.69, 9.17) is 4.98 Å². The van der Waals surface area contributed by atoms with Gasteiger partial charge in [0.05, 0.1) is 5.69 Å². The second-order valence-electron chi connectivity index (χ2n) is 5.95. The number of thiazole rings is 1. The van der Waals surface area contributed by atoms with Gasteiger partial charge in [0, 0.05) is 10.4 Å². The number of aryl methyl sites for hydroxylation is 2. The Labute approximate surface area is 114 Å². The number of hydrogen-bond donors (Lipinski definition) is 0. The van der Waals surface area contributed by atoms with Crippen molar-refractivity contribution in [3.8, 4) is 10.6 Å². The number of hydrogen-bond acceptors (Lipinski definition) is 2. The van der Waals surface area contributed by atoms with Crippen molar-refractivity contribution >= 4 is 11.3 Å². The highest BCUT2D eigenvalue weighted by Gasteiger charge is 2.14. The fourth-order valence-electron chi connectivity index (χ4n) is 1.86. The molecule has 0 N–H and O–H groups in total. The summed E-state index contributed by atoms with van der Waals surface area (Å²) < 4.78 is 0. The Balaban J connectivity index is 2.17. The quantitative estimate of drug-likeness (QED) is 0.747. The largest absolute Gasteiger partial charge is 0.241 e. The summed E-state index contributed by atoms with van der Waals surface area (Å²) >= 11 is 1.81. The Morgan fingerprint density at radius 2 is 1.78 bits per heavy atom. The Kier molecular flexibility index (Phi) is 3.86. The fraction of sp³-hybridized carbons (Fsp3) is 0.438. The summed E-state index contributed by atoms with van der Waals surface area (Å²) in [5.41, 5.74) is 2.88. The first kappa shape index (κ1) is 13.3. The lowest BCUT2D eigenvalue weighted by molar-refractivity contribution is 0.376. The number of aromatic nitrogens is 1. The van der Waals surface area contributed by atoms with Crippen LogP contribution in [0.4, 0.5) is 0 Å². The maximum atomic E-state index is 4.80. The highest BCUT2D eigenvalue weighted by molar-refractivity contribution is 7.15. The van der Waals surface area contributed by atoms with E-state index in [-0.39, 0.29) is 0 Å². The molecule has 0 radical (unpaired) electrons. The van der Waals surface area contributed by atoms with Crippen LogP contribution < -0.4 is 0 Å². The zero-order chi connectivity index (χ0) is 13.2. The SMILES string of the molecule is Cc1sc(-c2ccccc2)nc1CCC(C)(C)C. The molecule has 96 valence electrons. The molecule has 18 heavy (non-hydrogen) atoms. The van der Waals surface area contributed by atoms with Gasteiger partial charge in [-0.05, 0) is 25.2 Å². The van der Waals surface area contributed by atoms with E-state index >= 15 is 0 Å². The number of nitrogens with zero attached hydrogens (tertiary/aromatic N) is 1. The summed E-state index contributed by atoms with van der Waals surface area (Å²) in [5.74, 6) is 0. The first-order valence-electron chi connectivity index (χ1n) is 6.47. The minimum Gasteiger partial charge on any atom is -0.241 e. The summed E-state index contributed by atoms with van der Waals surface area (Å²) in [6.07, 6.45) is 2.27. The van der Waals surface area contributed by atoms with E-state index in [1.807, 2.05) is 6.07 Å². The highest BCUT2D eigenvalue weighted by Crippen LogP contribution is 2.30. The Morgan fingerprint density at radius 3 is 2.39 bits per heavy atom. The van der Waals surface area contributed by atoms with Crippen molar-refractivity contribution in [3.05, 3.63) is 40.9 Å². The Bertz CT molecular complexity index is 506. The highest BCUT2D eigenvalue weighted by atomic mass is 32.1. The van der Waals surface area contributed by atoms with Crippen molar-refractivity contribution in [2.24, 2.45) is 5.41 Å². The van der Waals surface area contributed by atoms with Gasteiger partial charge in [0.15, 0.2) is 0 Å². The second-order valence-corrected chi connectivity index (χ2v) is 7.15. The smallest absolute Gasteiger partial charge is 0.123 e. The van der Waals surface area contributed by atoms with Crippen molar-refractivity contribution in [2.75, 3.05) is 0 Å². The minimum absolute atomic E-state index is 0.378. The third-order valence-corrected chi connectivity index (χ3v) is 4.09. The molecule has 1 aromatic heterocycles. The zero-order valence-electron chi connectivity index (χ0n) is 11.7. The Morgan fingerprint density at radius 1 is 1.11 bits per heavy atom. The maximum absolute atomic E-state index is 4.80. The molecule has 0 atom stereocenters. The standard InChI is InChI=1S/C16H21NS/c1-12-14(10-11-16(2,3)4)17-15(18-12)13-8-6-5-7-9-13/h5-9H,10-11H2,1-4H3. The van der Waals surface area contributed by atoms with Crippen LogP contribution in [0.1, 0.15) is 37.8 Å². The third-order valence-electron chi connectivity index (χ3n) is 3.03. The van der Waals surface area contributed by atoms with E-state index in [2.05, 4.69) is 52.0 Å². The van der Waals surface area contributed by atoms with Gasteiger partial charge < -0.3 is 0 Å². The Hall–Kier alpha value is -1.15. The second kappa shape index (κ2) is 5.23. The molecule has 0 aliphatic rings. The van der Waals surface area contributed by atoms with Gasteiger partial charge in [0.2, 0.25) is 0 Å². The van der Waals surface area contributed by atoms with Crippen LogP contribution in [0.5, 0.6) is 0 Å². The fourth-order valence-corrected chi connectivity index (χ4v) is 2.82. The zero-order valence-corrected chi connectivity index (χ0v) is 12.5. The van der Waals surface area contributed by atoms with E-state index in [9.17, 15) is 0 Å². The van der Waals surface area contributed by atoms with Gasteiger partial charge in [-0.25, -0.2) is 4.98 Å². The molecule has 0 unspecified atom stereocenters. The van der Waals surface area contributed by atoms with E-state index in [1.165, 1.54) is 22.6 Å². The molecule has 0 saturated heterocycles. The van der Waals surface area contributed by atoms with Crippen LogP contribution in [0.2, 0.25) is 0 Å². The van der Waals surface area contributed by atoms with Crippen molar-refractivity contribution < 1.29 is 0 Å². The molecule has 0 fully saturated rings. The van der Waals surface area contributed by atoms with Crippen LogP contribution in [0.15, 0.2) is 30.3 Å². The molecule has 1 nitrogen and oxygen atoms in total. The lowest BCUT2D eigenvalue weighted by atomic mass is 9.90. The first-order valence-corrected chi connectivity index (χ1v) is 7.29. The first-order chi connectivity index (χ1) is 8.46. The van der Waals surface area contributed by atoms with Gasteiger partial charge in [0.1, 0.15) is 5.01 Å². The van der Waals surface area contributed by atoms with E-state index in [1.54, 1.807) is 11.3 Å². The molecule has 0 amide bonds. The van der Waals surface area contributed by atoms with Crippen LogP contribution in [0.25, 0.3) is 10.6 Å². The molecule has 0 spiro atoms. The monoisotopic (exact) mass is 259 g/mol. The minimum atomic E-state index is 0.378. The molecule has 2 aromatic rings. The lowest BCUT2D eigenvalue weighted by Gasteiger charge is -2.16. The van der Waals surface area contributed by atoms with Crippen molar-refractivity contribution in [2.45, 2.75) is 40.5 Å². The van der Waals surface area contributed by atoms with Crippen LogP contribution in [0, 0.1) is 12.3 Å². The molecule has 0 aliphatic heterocycles. The summed E-state index contributed by atoms with van der Waals surface area (Å²) in [5, 5.41) is 1.15. The molecule has 0 bridgehead atoms. The van der Waals surface area contributed by atoms with Gasteiger partial charge in [-0.2, -0.15) is 0 Å². The van der Waals surface area contributed by atoms with E-state index < -0.39 is 0 Å². The summed E-state index contributed by atoms with van der Waals surface area (Å²) in [6, 6.07) is 10.4. The molecule has 1 aromatic carbocycles. The maximum Gasteiger partial charge on any atom is 0.123 e. The molecule has 2 rings (SSSR count). The molecule has 2 heteroatoms. The van der Waals surface area contributed by atoms with Crippen LogP contribution in [0.3, 0.4) is 0 Å². The number of rotatable bonds is 3. The topological polar surface area (TPSA) is 12.9 Å². The van der Waals surface area contributed by atoms with Crippen LogP contribution in [-0.4, -0.2) is 4.98 Å². The van der Waals surface area contributed by atoms with Gasteiger partial charge in [0.25, 0.3) is 0 Å². The van der Waals surface area contributed by atoms with Crippen LogP contribution in [-0.2, 0) is 6.42 Å². The van der Waals surface area contributed by atoms with E-state index in [0.717, 1.165) is 11.4 Å². The van der Waals surface area contributed by atoms with Crippen molar-refractivity contribution in [3.63, 3.8) is 0 Å². The molecular formula is C16H21NS. The van der Waals surface area contributed by atoms with Gasteiger partial charge >= 0.3 is 0 Å². The summed E-state index contributed by atoms with van der Waals surface area (Å²) in [6.45, 7) is 9.04. The molecule has 1 heterocycles. The normalized spacial score (nSPS) is 11.8. The van der Waals surface area contributed by atoms with Gasteiger partial charge in [-0.1, -0.05) is 51.1 Å². The summed E-state index contributed by atoms with van der Waals surface area (Å²) in [7, 11) is 0. The molecule has 0 saturated carbocycles. The molecule has 0 aliphatic carbocycles. The third kappa shape index (κ3) is 3.42. The molecular weight excluding hydrogens is 238 g/mol. The van der Waals surface area contributed by atoms with Crippen LogP contribution >= 0.6 is 11.3 Å².